The molecule has 2 amide bonds. The first-order chi connectivity index (χ1) is 11.1. The van der Waals surface area contributed by atoms with Crippen LogP contribution in [-0.4, -0.2) is 59.9 Å². The van der Waals surface area contributed by atoms with Crippen LogP contribution in [0.5, 0.6) is 0 Å². The number of hydrogen-bond donors (Lipinski definition) is 0. The fourth-order valence-electron chi connectivity index (χ4n) is 3.61. The van der Waals surface area contributed by atoms with Gasteiger partial charge in [0.15, 0.2) is 0 Å². The van der Waals surface area contributed by atoms with E-state index in [0.29, 0.717) is 13.0 Å². The summed E-state index contributed by atoms with van der Waals surface area (Å²) < 4.78 is 4.92. The SMILES string of the molecule is COCC(=O)N1CCC2(CC1)CC(=O)N(Cc1ccncc1)C2. The number of ether oxygens (including phenoxy) is 1. The molecule has 0 bridgehead atoms. The van der Waals surface area contributed by atoms with Crippen LogP contribution in [0, 0.1) is 5.41 Å². The van der Waals surface area contributed by atoms with Crippen LogP contribution in [0.2, 0.25) is 0 Å². The van der Waals surface area contributed by atoms with E-state index in [-0.39, 0.29) is 23.8 Å². The molecule has 3 heterocycles. The molecule has 23 heavy (non-hydrogen) atoms. The van der Waals surface area contributed by atoms with E-state index in [1.807, 2.05) is 21.9 Å². The highest BCUT2D eigenvalue weighted by Gasteiger charge is 2.45. The number of carbonyl (C=O) groups excluding carboxylic acids is 2. The molecule has 124 valence electrons. The fraction of sp³-hybridized carbons (Fsp3) is 0.588. The van der Waals surface area contributed by atoms with E-state index in [9.17, 15) is 9.59 Å². The molecule has 0 aromatic carbocycles. The molecule has 0 aliphatic carbocycles. The van der Waals surface area contributed by atoms with Crippen molar-refractivity contribution in [3.8, 4) is 0 Å². The molecule has 0 radical (unpaired) electrons. The van der Waals surface area contributed by atoms with Crippen LogP contribution >= 0.6 is 0 Å². The third-order valence-corrected chi connectivity index (χ3v) is 4.97. The Morgan fingerprint density at radius 1 is 1.30 bits per heavy atom. The number of carbonyl (C=O) groups is 2. The van der Waals surface area contributed by atoms with Gasteiger partial charge in [0, 0.05) is 57.5 Å². The number of piperidine rings is 1. The molecule has 6 nitrogen and oxygen atoms in total. The zero-order valence-corrected chi connectivity index (χ0v) is 13.5. The molecule has 1 spiro atoms. The topological polar surface area (TPSA) is 62.7 Å². The largest absolute Gasteiger partial charge is 0.375 e. The Hall–Kier alpha value is -1.95. The van der Waals surface area contributed by atoms with E-state index in [1.165, 1.54) is 7.11 Å². The summed E-state index contributed by atoms with van der Waals surface area (Å²) in [4.78, 5) is 32.1. The van der Waals surface area contributed by atoms with Crippen molar-refractivity contribution in [2.75, 3.05) is 33.4 Å². The van der Waals surface area contributed by atoms with Gasteiger partial charge in [-0.2, -0.15) is 0 Å². The predicted molar refractivity (Wildman–Crippen MR) is 84.4 cm³/mol. The second-order valence-electron chi connectivity index (χ2n) is 6.60. The second kappa shape index (κ2) is 6.66. The lowest BCUT2D eigenvalue weighted by Gasteiger charge is -2.38. The van der Waals surface area contributed by atoms with Gasteiger partial charge in [-0.15, -0.1) is 0 Å². The van der Waals surface area contributed by atoms with Gasteiger partial charge >= 0.3 is 0 Å². The first-order valence-corrected chi connectivity index (χ1v) is 8.05. The summed E-state index contributed by atoms with van der Waals surface area (Å²) >= 11 is 0. The van der Waals surface area contributed by atoms with Crippen LogP contribution in [0.25, 0.3) is 0 Å². The van der Waals surface area contributed by atoms with Crippen molar-refractivity contribution >= 4 is 11.8 Å². The van der Waals surface area contributed by atoms with Crippen molar-refractivity contribution in [1.29, 1.82) is 0 Å². The monoisotopic (exact) mass is 317 g/mol. The molecule has 2 fully saturated rings. The van der Waals surface area contributed by atoms with Gasteiger partial charge in [-0.1, -0.05) is 0 Å². The molecule has 0 unspecified atom stereocenters. The molecule has 2 aliphatic heterocycles. The van der Waals surface area contributed by atoms with Crippen molar-refractivity contribution in [3.05, 3.63) is 30.1 Å². The molecule has 0 saturated carbocycles. The maximum Gasteiger partial charge on any atom is 0.248 e. The normalized spacial score (nSPS) is 20.3. The van der Waals surface area contributed by atoms with Gasteiger partial charge in [0.05, 0.1) is 0 Å². The maximum atomic E-state index is 12.4. The summed E-state index contributed by atoms with van der Waals surface area (Å²) in [6.45, 7) is 3.02. The lowest BCUT2D eigenvalue weighted by Crippen LogP contribution is -2.45. The van der Waals surface area contributed by atoms with Crippen molar-refractivity contribution < 1.29 is 14.3 Å². The Kier molecular flexibility index (Phi) is 4.61. The van der Waals surface area contributed by atoms with Gasteiger partial charge in [0.25, 0.3) is 0 Å². The number of nitrogens with zero attached hydrogens (tertiary/aromatic N) is 3. The standard InChI is InChI=1S/C17H23N3O3/c1-23-12-16(22)19-8-4-17(5-9-19)10-15(21)20(13-17)11-14-2-6-18-7-3-14/h2-3,6-7H,4-5,8-13H2,1H3. The molecule has 0 N–H and O–H groups in total. The van der Waals surface area contributed by atoms with Crippen LogP contribution in [0.1, 0.15) is 24.8 Å². The van der Waals surface area contributed by atoms with Gasteiger partial charge in [-0.05, 0) is 30.5 Å². The van der Waals surface area contributed by atoms with E-state index in [1.54, 1.807) is 12.4 Å². The van der Waals surface area contributed by atoms with Gasteiger partial charge in [0.2, 0.25) is 11.8 Å². The van der Waals surface area contributed by atoms with E-state index < -0.39 is 0 Å². The van der Waals surface area contributed by atoms with Gasteiger partial charge in [0.1, 0.15) is 6.61 Å². The Balaban J connectivity index is 1.58. The lowest BCUT2D eigenvalue weighted by atomic mass is 9.77. The number of likely N-dealkylation sites (tertiary alicyclic amines) is 2. The van der Waals surface area contributed by atoms with Gasteiger partial charge in [-0.25, -0.2) is 0 Å². The zero-order chi connectivity index (χ0) is 16.3. The molecule has 6 heteroatoms. The number of amides is 2. The summed E-state index contributed by atoms with van der Waals surface area (Å²) in [5.74, 6) is 0.263. The number of hydrogen-bond acceptors (Lipinski definition) is 4. The molecule has 1 aromatic rings. The van der Waals surface area contributed by atoms with Crippen LogP contribution in [-0.2, 0) is 20.9 Å². The third-order valence-electron chi connectivity index (χ3n) is 4.97. The molecule has 1 aromatic heterocycles. The summed E-state index contributed by atoms with van der Waals surface area (Å²) in [6, 6.07) is 3.90. The quantitative estimate of drug-likeness (QED) is 0.833. The van der Waals surface area contributed by atoms with Crippen LogP contribution in [0.4, 0.5) is 0 Å². The second-order valence-corrected chi connectivity index (χ2v) is 6.60. The highest BCUT2D eigenvalue weighted by Crippen LogP contribution is 2.41. The fourth-order valence-corrected chi connectivity index (χ4v) is 3.61. The summed E-state index contributed by atoms with van der Waals surface area (Å²) in [5.41, 5.74) is 1.15. The van der Waals surface area contributed by atoms with E-state index >= 15 is 0 Å². The summed E-state index contributed by atoms with van der Waals surface area (Å²) in [5, 5.41) is 0. The smallest absolute Gasteiger partial charge is 0.248 e. The molecule has 2 saturated heterocycles. The molecular weight excluding hydrogens is 294 g/mol. The minimum atomic E-state index is 0.0357. The average Bonchev–Trinajstić information content (AvgIpc) is 2.84. The number of pyridine rings is 1. The van der Waals surface area contributed by atoms with E-state index in [2.05, 4.69) is 4.98 Å². The molecule has 3 rings (SSSR count). The molecular formula is C17H23N3O3. The van der Waals surface area contributed by atoms with E-state index in [0.717, 1.165) is 38.0 Å². The van der Waals surface area contributed by atoms with Crippen molar-refractivity contribution in [1.82, 2.24) is 14.8 Å². The number of aromatic nitrogens is 1. The van der Waals surface area contributed by atoms with Crippen molar-refractivity contribution in [2.45, 2.75) is 25.8 Å². The minimum Gasteiger partial charge on any atom is -0.375 e. The molecule has 2 aliphatic rings. The Bertz CT molecular complexity index is 568. The number of rotatable bonds is 4. The Morgan fingerprint density at radius 2 is 2.00 bits per heavy atom. The van der Waals surface area contributed by atoms with Crippen LogP contribution in [0.15, 0.2) is 24.5 Å². The minimum absolute atomic E-state index is 0.0357. The number of methoxy groups -OCH3 is 1. The average molecular weight is 317 g/mol. The highest BCUT2D eigenvalue weighted by atomic mass is 16.5. The van der Waals surface area contributed by atoms with Gasteiger partial charge in [-0.3, -0.25) is 14.6 Å². The van der Waals surface area contributed by atoms with E-state index in [4.69, 9.17) is 4.74 Å². The predicted octanol–water partition coefficient (Wildman–Crippen LogP) is 1.07. The zero-order valence-electron chi connectivity index (χ0n) is 13.5. The summed E-state index contributed by atoms with van der Waals surface area (Å²) in [7, 11) is 1.54. The van der Waals surface area contributed by atoms with Crippen molar-refractivity contribution in [2.24, 2.45) is 5.41 Å². The summed E-state index contributed by atoms with van der Waals surface area (Å²) in [6.07, 6.45) is 5.89. The Morgan fingerprint density at radius 3 is 2.65 bits per heavy atom. The maximum absolute atomic E-state index is 12.4. The molecule has 0 atom stereocenters. The van der Waals surface area contributed by atoms with Crippen molar-refractivity contribution in [3.63, 3.8) is 0 Å². The van der Waals surface area contributed by atoms with Gasteiger partial charge < -0.3 is 14.5 Å². The highest BCUT2D eigenvalue weighted by molar-refractivity contribution is 5.80. The Labute approximate surface area is 136 Å². The third kappa shape index (κ3) is 3.52. The first kappa shape index (κ1) is 15.9. The first-order valence-electron chi connectivity index (χ1n) is 8.05. The van der Waals surface area contributed by atoms with Crippen LogP contribution < -0.4 is 0 Å². The lowest BCUT2D eigenvalue weighted by molar-refractivity contribution is -0.137. The van der Waals surface area contributed by atoms with Crippen LogP contribution in [0.3, 0.4) is 0 Å².